The Hall–Kier alpha value is -0.650. The number of rotatable bonds is 4. The summed E-state index contributed by atoms with van der Waals surface area (Å²) < 4.78 is 0.773. The average molecular weight is 350 g/mol. The fraction of sp³-hybridized carbons (Fsp3) is 0.333. The van der Waals surface area contributed by atoms with Gasteiger partial charge in [0, 0.05) is 10.2 Å². The van der Waals surface area contributed by atoms with Crippen LogP contribution >= 0.6 is 39.7 Å². The Labute approximate surface area is 125 Å². The summed E-state index contributed by atoms with van der Waals surface area (Å²) in [5.41, 5.74) is 5.39. The largest absolute Gasteiger partial charge is 0.392 e. The lowest BCUT2D eigenvalue weighted by atomic mass is 9.86. The van der Waals surface area contributed by atoms with Gasteiger partial charge in [-0.2, -0.15) is 0 Å². The van der Waals surface area contributed by atoms with E-state index in [0.29, 0.717) is 17.1 Å². The van der Waals surface area contributed by atoms with Gasteiger partial charge in [0.1, 0.15) is 0 Å². The summed E-state index contributed by atoms with van der Waals surface area (Å²) in [6.07, 6.45) is 0.540. The zero-order chi connectivity index (χ0) is 13.9. The van der Waals surface area contributed by atoms with Gasteiger partial charge in [0.15, 0.2) is 0 Å². The van der Waals surface area contributed by atoms with Crippen molar-refractivity contribution in [2.75, 3.05) is 5.32 Å². The molecule has 1 aromatic rings. The first-order valence-corrected chi connectivity index (χ1v) is 6.95. The van der Waals surface area contributed by atoms with Gasteiger partial charge in [-0.25, -0.2) is 0 Å². The minimum absolute atomic E-state index is 0.186. The molecule has 1 rings (SSSR count). The standard InChI is InChI=1S/C12H14BrClN2OS/c1-3-12(2,10(15)18)11(17)16-7-4-5-8(13)9(14)6-7/h4-6H,3H2,1-2H3,(H2,15,18)(H,16,17). The number of thiocarbonyl (C=S) groups is 1. The fourth-order valence-corrected chi connectivity index (χ4v) is 1.95. The minimum Gasteiger partial charge on any atom is -0.392 e. The Morgan fingerprint density at radius 2 is 2.22 bits per heavy atom. The lowest BCUT2D eigenvalue weighted by Crippen LogP contribution is -2.43. The monoisotopic (exact) mass is 348 g/mol. The number of carbonyl (C=O) groups is 1. The van der Waals surface area contributed by atoms with E-state index >= 15 is 0 Å². The van der Waals surface area contributed by atoms with E-state index < -0.39 is 5.41 Å². The Kier molecular flexibility index (Phi) is 5.13. The highest BCUT2D eigenvalue weighted by atomic mass is 79.9. The van der Waals surface area contributed by atoms with Crippen LogP contribution in [-0.4, -0.2) is 10.9 Å². The summed E-state index contributed by atoms with van der Waals surface area (Å²) in [5, 5.41) is 3.30. The molecule has 0 spiro atoms. The molecule has 0 saturated heterocycles. The maximum atomic E-state index is 12.2. The molecule has 0 aromatic heterocycles. The molecule has 0 fully saturated rings. The lowest BCUT2D eigenvalue weighted by Gasteiger charge is -2.25. The molecule has 0 aliphatic heterocycles. The summed E-state index contributed by atoms with van der Waals surface area (Å²) in [6.45, 7) is 3.60. The second kappa shape index (κ2) is 5.99. The van der Waals surface area contributed by atoms with Crippen LogP contribution in [0.5, 0.6) is 0 Å². The second-order valence-electron chi connectivity index (χ2n) is 4.13. The number of nitrogens with two attached hydrogens (primary N) is 1. The summed E-state index contributed by atoms with van der Waals surface area (Å²) in [6, 6.07) is 5.19. The highest BCUT2D eigenvalue weighted by molar-refractivity contribution is 9.10. The molecule has 6 heteroatoms. The average Bonchev–Trinajstić information content (AvgIpc) is 2.32. The molecule has 0 bridgehead atoms. The van der Waals surface area contributed by atoms with Gasteiger partial charge in [-0.05, 0) is 47.5 Å². The summed E-state index contributed by atoms with van der Waals surface area (Å²) in [5.74, 6) is -0.226. The van der Waals surface area contributed by atoms with Crippen molar-refractivity contribution in [3.05, 3.63) is 27.7 Å². The molecule has 0 radical (unpaired) electrons. The SMILES string of the molecule is CCC(C)(C(=O)Nc1ccc(Br)c(Cl)c1)C(N)=S. The van der Waals surface area contributed by atoms with E-state index in [9.17, 15) is 4.79 Å². The van der Waals surface area contributed by atoms with Crippen molar-refractivity contribution in [3.8, 4) is 0 Å². The molecule has 0 heterocycles. The molecule has 1 amide bonds. The van der Waals surface area contributed by atoms with Crippen molar-refractivity contribution >= 4 is 56.3 Å². The zero-order valence-corrected chi connectivity index (χ0v) is 13.2. The maximum Gasteiger partial charge on any atom is 0.237 e. The Morgan fingerprint density at radius 1 is 1.61 bits per heavy atom. The van der Waals surface area contributed by atoms with Crippen LogP contribution in [0.15, 0.2) is 22.7 Å². The molecule has 18 heavy (non-hydrogen) atoms. The van der Waals surface area contributed by atoms with Gasteiger partial charge in [-0.1, -0.05) is 30.7 Å². The van der Waals surface area contributed by atoms with Crippen LogP contribution in [0.25, 0.3) is 0 Å². The van der Waals surface area contributed by atoms with Gasteiger partial charge < -0.3 is 11.1 Å². The van der Waals surface area contributed by atoms with E-state index in [1.807, 2.05) is 6.92 Å². The van der Waals surface area contributed by atoms with Crippen LogP contribution in [0.2, 0.25) is 5.02 Å². The van der Waals surface area contributed by atoms with E-state index in [4.69, 9.17) is 29.6 Å². The van der Waals surface area contributed by atoms with E-state index in [1.165, 1.54) is 0 Å². The molecular formula is C12H14BrClN2OS. The number of halogens is 2. The number of anilines is 1. The van der Waals surface area contributed by atoms with Crippen molar-refractivity contribution in [1.29, 1.82) is 0 Å². The van der Waals surface area contributed by atoms with E-state index in [-0.39, 0.29) is 10.9 Å². The first-order chi connectivity index (χ1) is 8.31. The van der Waals surface area contributed by atoms with Crippen molar-refractivity contribution in [1.82, 2.24) is 0 Å². The van der Waals surface area contributed by atoms with Gasteiger partial charge in [0.2, 0.25) is 5.91 Å². The van der Waals surface area contributed by atoms with Crippen molar-refractivity contribution < 1.29 is 4.79 Å². The molecular weight excluding hydrogens is 336 g/mol. The molecule has 1 unspecified atom stereocenters. The number of carbonyl (C=O) groups excluding carboxylic acids is 1. The number of nitrogens with one attached hydrogen (secondary N) is 1. The third-order valence-electron chi connectivity index (χ3n) is 2.93. The molecule has 3 nitrogen and oxygen atoms in total. The van der Waals surface area contributed by atoms with Gasteiger partial charge >= 0.3 is 0 Å². The molecule has 0 aliphatic carbocycles. The maximum absolute atomic E-state index is 12.2. The molecule has 98 valence electrons. The fourth-order valence-electron chi connectivity index (χ4n) is 1.29. The smallest absolute Gasteiger partial charge is 0.237 e. The van der Waals surface area contributed by atoms with E-state index in [2.05, 4.69) is 21.2 Å². The van der Waals surface area contributed by atoms with Gasteiger partial charge in [-0.15, -0.1) is 0 Å². The van der Waals surface area contributed by atoms with Crippen LogP contribution in [0.1, 0.15) is 20.3 Å². The Balaban J connectivity index is 2.93. The van der Waals surface area contributed by atoms with Gasteiger partial charge in [0.25, 0.3) is 0 Å². The first kappa shape index (κ1) is 15.4. The van der Waals surface area contributed by atoms with E-state index in [0.717, 1.165) is 4.47 Å². The molecule has 0 saturated carbocycles. The summed E-state index contributed by atoms with van der Waals surface area (Å²) >= 11 is 14.2. The van der Waals surface area contributed by atoms with Crippen LogP contribution in [0.3, 0.4) is 0 Å². The van der Waals surface area contributed by atoms with Gasteiger partial charge in [-0.3, -0.25) is 4.79 Å². The van der Waals surface area contributed by atoms with Gasteiger partial charge in [0.05, 0.1) is 15.4 Å². The predicted molar refractivity (Wildman–Crippen MR) is 83.0 cm³/mol. The number of amides is 1. The summed E-state index contributed by atoms with van der Waals surface area (Å²) in [7, 11) is 0. The van der Waals surface area contributed by atoms with Crippen LogP contribution in [-0.2, 0) is 4.79 Å². The number of benzene rings is 1. The lowest BCUT2D eigenvalue weighted by molar-refractivity contribution is -0.121. The van der Waals surface area contributed by atoms with Crippen molar-refractivity contribution in [2.45, 2.75) is 20.3 Å². The second-order valence-corrected chi connectivity index (χ2v) is 5.83. The van der Waals surface area contributed by atoms with Crippen LogP contribution in [0.4, 0.5) is 5.69 Å². The highest BCUT2D eigenvalue weighted by Crippen LogP contribution is 2.28. The van der Waals surface area contributed by atoms with Crippen molar-refractivity contribution in [3.63, 3.8) is 0 Å². The third-order valence-corrected chi connectivity index (χ3v) is 4.61. The summed E-state index contributed by atoms with van der Waals surface area (Å²) in [4.78, 5) is 12.4. The zero-order valence-electron chi connectivity index (χ0n) is 10.1. The predicted octanol–water partition coefficient (Wildman–Crippen LogP) is 3.74. The quantitative estimate of drug-likeness (QED) is 0.814. The Morgan fingerprint density at radius 3 is 2.67 bits per heavy atom. The van der Waals surface area contributed by atoms with Crippen LogP contribution < -0.4 is 11.1 Å². The normalized spacial score (nSPS) is 13.8. The third kappa shape index (κ3) is 3.22. The highest BCUT2D eigenvalue weighted by Gasteiger charge is 2.34. The first-order valence-electron chi connectivity index (χ1n) is 5.37. The minimum atomic E-state index is -0.852. The molecule has 3 N–H and O–H groups in total. The topological polar surface area (TPSA) is 55.1 Å². The molecule has 1 atom stereocenters. The van der Waals surface area contributed by atoms with Crippen LogP contribution in [0, 0.1) is 5.41 Å². The molecule has 0 aliphatic rings. The molecule has 1 aromatic carbocycles. The van der Waals surface area contributed by atoms with E-state index in [1.54, 1.807) is 25.1 Å². The van der Waals surface area contributed by atoms with Crippen molar-refractivity contribution in [2.24, 2.45) is 11.1 Å². The number of hydrogen-bond donors (Lipinski definition) is 2. The Bertz CT molecular complexity index is 495. The number of hydrogen-bond acceptors (Lipinski definition) is 2.